The van der Waals surface area contributed by atoms with Crippen LogP contribution in [0.2, 0.25) is 0 Å². The fraction of sp³-hybridized carbons (Fsp3) is 0.438. The number of rotatable bonds is 6. The van der Waals surface area contributed by atoms with Gasteiger partial charge in [-0.3, -0.25) is 29.6 Å². The predicted molar refractivity (Wildman–Crippen MR) is 97.8 cm³/mol. The van der Waals surface area contributed by atoms with Crippen molar-refractivity contribution in [3.05, 3.63) is 33.9 Å². The first kappa shape index (κ1) is 18.9. The number of nitro benzene ring substituents is 1. The number of hydrogen-bond donors (Lipinski definition) is 1. The average molecular weight is 364 g/mol. The third-order valence-electron chi connectivity index (χ3n) is 3.69. The molecular weight excluding hydrogens is 344 g/mol. The molecule has 1 aromatic carbocycles. The Balaban J connectivity index is 2.06. The summed E-state index contributed by atoms with van der Waals surface area (Å²) in [4.78, 5) is 40.9. The summed E-state index contributed by atoms with van der Waals surface area (Å²) in [6.45, 7) is 6.45. The topological polar surface area (TPSA) is 105 Å². The van der Waals surface area contributed by atoms with Crippen molar-refractivity contribution in [2.24, 2.45) is 4.99 Å². The van der Waals surface area contributed by atoms with Crippen molar-refractivity contribution in [3.8, 4) is 0 Å². The quantitative estimate of drug-likeness (QED) is 0.617. The van der Waals surface area contributed by atoms with Crippen LogP contribution in [0.3, 0.4) is 0 Å². The number of benzene rings is 1. The lowest BCUT2D eigenvalue weighted by molar-refractivity contribution is -0.385. The van der Waals surface area contributed by atoms with E-state index in [0.717, 1.165) is 0 Å². The van der Waals surface area contributed by atoms with E-state index < -0.39 is 10.2 Å². The SMILES string of the molecule is CCN=C1S[C@@H](CC(=O)Nc2ccc(C)c([N+](=O)[O-])c2)C(=O)N1CC. The number of carbonyl (C=O) groups excluding carboxylic acids is 2. The molecule has 9 heteroatoms. The Bertz CT molecular complexity index is 735. The minimum atomic E-state index is -0.523. The highest BCUT2D eigenvalue weighted by molar-refractivity contribution is 8.15. The highest BCUT2D eigenvalue weighted by atomic mass is 32.2. The number of amides is 2. The van der Waals surface area contributed by atoms with Crippen LogP contribution in [0.5, 0.6) is 0 Å². The number of hydrogen-bond acceptors (Lipinski definition) is 6. The molecule has 1 fully saturated rings. The number of thioether (sulfide) groups is 1. The standard InChI is InChI=1S/C16H20N4O4S/c1-4-17-16-19(5-2)15(22)13(25-16)9-14(21)18-11-7-6-10(3)12(8-11)20(23)24/h6-8,13H,4-5,9H2,1-3H3,(H,18,21)/t13-/m0/s1. The van der Waals surface area contributed by atoms with Gasteiger partial charge in [-0.15, -0.1) is 0 Å². The first-order valence-corrected chi connectivity index (χ1v) is 8.82. The van der Waals surface area contributed by atoms with Crippen LogP contribution in [-0.4, -0.2) is 45.1 Å². The smallest absolute Gasteiger partial charge is 0.274 e. The molecule has 1 aliphatic heterocycles. The number of aliphatic imine (C=N–C) groups is 1. The van der Waals surface area contributed by atoms with E-state index in [-0.39, 0.29) is 23.9 Å². The van der Waals surface area contributed by atoms with E-state index in [1.54, 1.807) is 24.0 Å². The van der Waals surface area contributed by atoms with Gasteiger partial charge in [0.25, 0.3) is 5.69 Å². The van der Waals surface area contributed by atoms with E-state index in [9.17, 15) is 19.7 Å². The Kier molecular flexibility index (Phi) is 6.13. The highest BCUT2D eigenvalue weighted by Gasteiger charge is 2.38. The van der Waals surface area contributed by atoms with Crippen LogP contribution in [0.4, 0.5) is 11.4 Å². The van der Waals surface area contributed by atoms with Crippen molar-refractivity contribution in [2.45, 2.75) is 32.4 Å². The number of nitro groups is 1. The van der Waals surface area contributed by atoms with Crippen LogP contribution in [0, 0.1) is 17.0 Å². The van der Waals surface area contributed by atoms with Crippen LogP contribution in [0.1, 0.15) is 25.8 Å². The van der Waals surface area contributed by atoms with Crippen molar-refractivity contribution in [1.82, 2.24) is 4.90 Å². The van der Waals surface area contributed by atoms with Gasteiger partial charge in [0.2, 0.25) is 11.8 Å². The second-order valence-electron chi connectivity index (χ2n) is 5.46. The first-order chi connectivity index (χ1) is 11.9. The summed E-state index contributed by atoms with van der Waals surface area (Å²) in [6.07, 6.45) is -0.00952. The van der Waals surface area contributed by atoms with Gasteiger partial charge in [0.05, 0.1) is 4.92 Å². The Labute approximate surface area is 149 Å². The summed E-state index contributed by atoms with van der Waals surface area (Å²) >= 11 is 1.28. The summed E-state index contributed by atoms with van der Waals surface area (Å²) in [5.41, 5.74) is 0.801. The summed E-state index contributed by atoms with van der Waals surface area (Å²) < 4.78 is 0. The lowest BCUT2D eigenvalue weighted by atomic mass is 10.2. The summed E-state index contributed by atoms with van der Waals surface area (Å²) in [5, 5.41) is 13.7. The summed E-state index contributed by atoms with van der Waals surface area (Å²) in [5.74, 6) is -0.498. The van der Waals surface area contributed by atoms with E-state index >= 15 is 0 Å². The van der Waals surface area contributed by atoms with E-state index in [0.29, 0.717) is 29.5 Å². The van der Waals surface area contributed by atoms with E-state index in [4.69, 9.17) is 0 Å². The molecule has 0 bridgehead atoms. The number of nitrogens with one attached hydrogen (secondary N) is 1. The molecule has 1 N–H and O–H groups in total. The van der Waals surface area contributed by atoms with Crippen molar-refractivity contribution in [3.63, 3.8) is 0 Å². The maximum atomic E-state index is 12.4. The second kappa shape index (κ2) is 8.11. The fourth-order valence-corrected chi connectivity index (χ4v) is 3.72. The Hall–Kier alpha value is -2.42. The molecule has 2 amide bonds. The monoisotopic (exact) mass is 364 g/mol. The van der Waals surface area contributed by atoms with Crippen LogP contribution in [-0.2, 0) is 9.59 Å². The molecule has 8 nitrogen and oxygen atoms in total. The number of anilines is 1. The van der Waals surface area contributed by atoms with Crippen molar-refractivity contribution in [2.75, 3.05) is 18.4 Å². The van der Waals surface area contributed by atoms with Crippen molar-refractivity contribution < 1.29 is 14.5 Å². The Morgan fingerprint density at radius 2 is 2.16 bits per heavy atom. The summed E-state index contributed by atoms with van der Waals surface area (Å²) in [6, 6.07) is 4.50. The van der Waals surface area contributed by atoms with Gasteiger partial charge in [-0.05, 0) is 26.8 Å². The van der Waals surface area contributed by atoms with Crippen LogP contribution in [0.15, 0.2) is 23.2 Å². The molecule has 1 atom stereocenters. The maximum Gasteiger partial charge on any atom is 0.274 e. The van der Waals surface area contributed by atoms with Crippen LogP contribution >= 0.6 is 11.8 Å². The Morgan fingerprint density at radius 1 is 1.44 bits per heavy atom. The molecule has 1 aromatic rings. The first-order valence-electron chi connectivity index (χ1n) is 7.94. The molecule has 0 spiro atoms. The predicted octanol–water partition coefficient (Wildman–Crippen LogP) is 2.57. The molecular formula is C16H20N4O4S. The molecule has 1 aliphatic rings. The molecule has 0 aromatic heterocycles. The molecule has 2 rings (SSSR count). The molecule has 0 saturated carbocycles. The highest BCUT2D eigenvalue weighted by Crippen LogP contribution is 2.30. The van der Waals surface area contributed by atoms with Gasteiger partial charge in [-0.1, -0.05) is 17.8 Å². The number of aryl methyl sites for hydroxylation is 1. The van der Waals surface area contributed by atoms with E-state index in [2.05, 4.69) is 10.3 Å². The lowest BCUT2D eigenvalue weighted by Crippen LogP contribution is -2.33. The van der Waals surface area contributed by atoms with E-state index in [1.807, 2.05) is 13.8 Å². The third kappa shape index (κ3) is 4.36. The number of carbonyl (C=O) groups is 2. The van der Waals surface area contributed by atoms with Gasteiger partial charge in [0.1, 0.15) is 5.25 Å². The van der Waals surface area contributed by atoms with Crippen LogP contribution < -0.4 is 5.32 Å². The van der Waals surface area contributed by atoms with Gasteiger partial charge in [-0.25, -0.2) is 0 Å². The van der Waals surface area contributed by atoms with E-state index in [1.165, 1.54) is 17.8 Å². The second-order valence-corrected chi connectivity index (χ2v) is 6.63. The van der Waals surface area contributed by atoms with Crippen molar-refractivity contribution >= 4 is 40.1 Å². The molecule has 0 aliphatic carbocycles. The molecule has 134 valence electrons. The molecule has 25 heavy (non-hydrogen) atoms. The minimum Gasteiger partial charge on any atom is -0.326 e. The zero-order valence-electron chi connectivity index (χ0n) is 14.3. The number of amidine groups is 1. The van der Waals surface area contributed by atoms with Crippen LogP contribution in [0.25, 0.3) is 0 Å². The molecule has 1 heterocycles. The number of nitrogens with zero attached hydrogens (tertiary/aromatic N) is 3. The van der Waals surface area contributed by atoms with Gasteiger partial charge < -0.3 is 5.32 Å². The minimum absolute atomic E-state index is 0.00952. The normalized spacial score (nSPS) is 18.7. The third-order valence-corrected chi connectivity index (χ3v) is 4.90. The maximum absolute atomic E-state index is 12.4. The van der Waals surface area contributed by atoms with Gasteiger partial charge in [-0.2, -0.15) is 0 Å². The molecule has 1 saturated heterocycles. The molecule has 0 radical (unpaired) electrons. The van der Waals surface area contributed by atoms with Gasteiger partial charge in [0.15, 0.2) is 5.17 Å². The van der Waals surface area contributed by atoms with Gasteiger partial charge >= 0.3 is 0 Å². The van der Waals surface area contributed by atoms with Gasteiger partial charge in [0, 0.05) is 36.8 Å². The summed E-state index contributed by atoms with van der Waals surface area (Å²) in [7, 11) is 0. The van der Waals surface area contributed by atoms with Crippen molar-refractivity contribution in [1.29, 1.82) is 0 Å². The largest absolute Gasteiger partial charge is 0.326 e. The lowest BCUT2D eigenvalue weighted by Gasteiger charge is -2.13. The fourth-order valence-electron chi connectivity index (χ4n) is 2.45. The zero-order valence-corrected chi connectivity index (χ0v) is 15.1. The average Bonchev–Trinajstić information content (AvgIpc) is 2.84. The molecule has 0 unspecified atom stereocenters. The zero-order chi connectivity index (χ0) is 18.6. The Morgan fingerprint density at radius 3 is 2.76 bits per heavy atom.